The molecule has 2 unspecified atom stereocenters. The fraction of sp³-hybridized carbons (Fsp3) is 0.667. The first-order valence-corrected chi connectivity index (χ1v) is 9.05. The van der Waals surface area contributed by atoms with Crippen molar-refractivity contribution in [1.82, 2.24) is 9.88 Å². The summed E-state index contributed by atoms with van der Waals surface area (Å²) in [6.07, 6.45) is 6.20. The molecule has 0 amide bonds. The Morgan fingerprint density at radius 3 is 3.21 bits per heavy atom. The molecule has 1 saturated heterocycles. The highest BCUT2D eigenvalue weighted by molar-refractivity contribution is 5.72. The van der Waals surface area contributed by atoms with E-state index in [-0.39, 0.29) is 0 Å². The van der Waals surface area contributed by atoms with Crippen molar-refractivity contribution in [2.24, 2.45) is 11.7 Å². The largest absolute Gasteiger partial charge is 0.480 e. The highest BCUT2D eigenvalue weighted by Crippen LogP contribution is 2.24. The van der Waals surface area contributed by atoms with E-state index in [2.05, 4.69) is 22.3 Å². The number of aliphatic carboxylic acids is 1. The van der Waals surface area contributed by atoms with E-state index in [4.69, 9.17) is 15.8 Å². The lowest BCUT2D eigenvalue weighted by Gasteiger charge is -2.18. The molecule has 0 aromatic carbocycles. The molecular weight excluding hydrogens is 304 g/mol. The van der Waals surface area contributed by atoms with Crippen molar-refractivity contribution in [2.75, 3.05) is 31.5 Å². The van der Waals surface area contributed by atoms with Gasteiger partial charge in [0.05, 0.1) is 0 Å². The molecule has 2 aliphatic heterocycles. The van der Waals surface area contributed by atoms with Gasteiger partial charge in [-0.1, -0.05) is 6.07 Å². The highest BCUT2D eigenvalue weighted by atomic mass is 16.4. The summed E-state index contributed by atoms with van der Waals surface area (Å²) < 4.78 is 0. The molecule has 4 N–H and O–H groups in total. The predicted molar refractivity (Wildman–Crippen MR) is 94.1 cm³/mol. The normalized spacial score (nSPS) is 22.0. The molecule has 2 aliphatic rings. The zero-order chi connectivity index (χ0) is 16.9. The monoisotopic (exact) mass is 332 g/mol. The maximum Gasteiger partial charge on any atom is 0.320 e. The molecule has 24 heavy (non-hydrogen) atoms. The van der Waals surface area contributed by atoms with Crippen LogP contribution in [0.4, 0.5) is 5.82 Å². The number of fused-ring (bicyclic) bond motifs is 1. The van der Waals surface area contributed by atoms with Crippen LogP contribution in [0.3, 0.4) is 0 Å². The molecule has 6 nitrogen and oxygen atoms in total. The Morgan fingerprint density at radius 2 is 2.38 bits per heavy atom. The Hall–Kier alpha value is -1.66. The summed E-state index contributed by atoms with van der Waals surface area (Å²) in [5, 5.41) is 12.2. The first-order valence-electron chi connectivity index (χ1n) is 9.05. The van der Waals surface area contributed by atoms with Crippen LogP contribution < -0.4 is 11.1 Å². The third kappa shape index (κ3) is 4.45. The summed E-state index contributed by atoms with van der Waals surface area (Å²) in [5.41, 5.74) is 8.09. The van der Waals surface area contributed by atoms with Crippen molar-refractivity contribution in [2.45, 2.75) is 44.6 Å². The lowest BCUT2D eigenvalue weighted by Crippen LogP contribution is -2.34. The maximum absolute atomic E-state index is 10.8. The number of nitrogens with two attached hydrogens (primary N) is 1. The number of nitrogens with zero attached hydrogens (tertiary/aromatic N) is 2. The van der Waals surface area contributed by atoms with Crippen LogP contribution in [0.15, 0.2) is 12.1 Å². The van der Waals surface area contributed by atoms with Crippen molar-refractivity contribution in [3.05, 3.63) is 23.4 Å². The molecule has 6 heteroatoms. The average Bonchev–Trinajstić information content (AvgIpc) is 3.05. The molecule has 0 aliphatic carbocycles. The number of rotatable bonds is 7. The van der Waals surface area contributed by atoms with Crippen LogP contribution in [0.2, 0.25) is 0 Å². The molecule has 1 fully saturated rings. The quantitative estimate of drug-likeness (QED) is 0.701. The third-order valence-corrected chi connectivity index (χ3v) is 5.20. The van der Waals surface area contributed by atoms with E-state index in [0.29, 0.717) is 12.3 Å². The topological polar surface area (TPSA) is 91.5 Å². The molecule has 132 valence electrons. The Bertz CT molecular complexity index is 578. The van der Waals surface area contributed by atoms with E-state index in [1.54, 1.807) is 0 Å². The predicted octanol–water partition coefficient (Wildman–Crippen LogP) is 1.50. The van der Waals surface area contributed by atoms with Crippen molar-refractivity contribution in [3.8, 4) is 0 Å². The van der Waals surface area contributed by atoms with Crippen LogP contribution >= 0.6 is 0 Å². The van der Waals surface area contributed by atoms with Gasteiger partial charge in [0.25, 0.3) is 0 Å². The number of hydrogen-bond donors (Lipinski definition) is 3. The summed E-state index contributed by atoms with van der Waals surface area (Å²) in [5.74, 6) is 0.851. The number of nitrogens with one attached hydrogen (secondary N) is 1. The lowest BCUT2D eigenvalue weighted by molar-refractivity contribution is -0.138. The van der Waals surface area contributed by atoms with Gasteiger partial charge < -0.3 is 21.1 Å². The van der Waals surface area contributed by atoms with Crippen LogP contribution in [0.5, 0.6) is 0 Å². The third-order valence-electron chi connectivity index (χ3n) is 5.20. The van der Waals surface area contributed by atoms with Crippen molar-refractivity contribution >= 4 is 11.8 Å². The van der Waals surface area contributed by atoms with E-state index in [1.165, 1.54) is 24.1 Å². The number of pyridine rings is 1. The standard InChI is InChI=1S/C18H28N4O2/c19-16(18(23)24)8-11-22-10-7-13(12-22)3-5-15-6-4-14-2-1-9-20-17(14)21-15/h4,6,13,16H,1-3,5,7-12,19H2,(H,20,21)(H,23,24). The number of aromatic nitrogens is 1. The minimum Gasteiger partial charge on any atom is -0.480 e. The maximum atomic E-state index is 10.8. The molecule has 1 aromatic rings. The Kier molecular flexibility index (Phi) is 5.68. The number of aryl methyl sites for hydroxylation is 2. The molecule has 0 radical (unpaired) electrons. The van der Waals surface area contributed by atoms with Gasteiger partial charge in [-0.05, 0) is 62.6 Å². The summed E-state index contributed by atoms with van der Waals surface area (Å²) >= 11 is 0. The van der Waals surface area contributed by atoms with Gasteiger partial charge in [-0.3, -0.25) is 4.79 Å². The molecule has 2 atom stereocenters. The van der Waals surface area contributed by atoms with Crippen molar-refractivity contribution in [3.63, 3.8) is 0 Å². The van der Waals surface area contributed by atoms with Gasteiger partial charge in [0.2, 0.25) is 0 Å². The molecule has 3 rings (SSSR count). The van der Waals surface area contributed by atoms with E-state index in [0.717, 1.165) is 51.3 Å². The smallest absolute Gasteiger partial charge is 0.320 e. The molecule has 1 aromatic heterocycles. The average molecular weight is 332 g/mol. The number of carboxylic acids is 1. The van der Waals surface area contributed by atoms with Gasteiger partial charge >= 0.3 is 5.97 Å². The van der Waals surface area contributed by atoms with Gasteiger partial charge in [-0.2, -0.15) is 0 Å². The first kappa shape index (κ1) is 17.2. The number of carbonyl (C=O) groups is 1. The van der Waals surface area contributed by atoms with E-state index in [1.807, 2.05) is 0 Å². The lowest BCUT2D eigenvalue weighted by atomic mass is 10.00. The van der Waals surface area contributed by atoms with Gasteiger partial charge in [0.15, 0.2) is 0 Å². The van der Waals surface area contributed by atoms with Crippen LogP contribution in [0.1, 0.15) is 36.9 Å². The van der Waals surface area contributed by atoms with Crippen LogP contribution in [-0.2, 0) is 17.6 Å². The fourth-order valence-electron chi connectivity index (χ4n) is 3.66. The molecule has 0 bridgehead atoms. The zero-order valence-corrected chi connectivity index (χ0v) is 14.2. The van der Waals surface area contributed by atoms with E-state index in [9.17, 15) is 4.79 Å². The fourth-order valence-corrected chi connectivity index (χ4v) is 3.66. The van der Waals surface area contributed by atoms with Crippen molar-refractivity contribution in [1.29, 1.82) is 0 Å². The number of anilines is 1. The highest BCUT2D eigenvalue weighted by Gasteiger charge is 2.23. The Balaban J connectivity index is 1.42. The summed E-state index contributed by atoms with van der Waals surface area (Å²) in [7, 11) is 0. The van der Waals surface area contributed by atoms with Gasteiger partial charge in [0.1, 0.15) is 11.9 Å². The minimum absolute atomic E-state index is 0.528. The molecular formula is C18H28N4O2. The molecule has 3 heterocycles. The number of hydrogen-bond acceptors (Lipinski definition) is 5. The first-order chi connectivity index (χ1) is 11.6. The number of carboxylic acid groups (broad SMARTS) is 1. The van der Waals surface area contributed by atoms with Gasteiger partial charge in [-0.15, -0.1) is 0 Å². The zero-order valence-electron chi connectivity index (χ0n) is 14.2. The minimum atomic E-state index is -0.905. The molecule has 0 saturated carbocycles. The SMILES string of the molecule is NC(CCN1CCC(CCc2ccc3c(n2)NCCC3)C1)C(=O)O. The second kappa shape index (κ2) is 7.94. The van der Waals surface area contributed by atoms with Crippen molar-refractivity contribution < 1.29 is 9.90 Å². The van der Waals surface area contributed by atoms with Gasteiger partial charge in [0, 0.05) is 25.3 Å². The second-order valence-electron chi connectivity index (χ2n) is 7.07. The Labute approximate surface area is 143 Å². The second-order valence-corrected chi connectivity index (χ2v) is 7.07. The van der Waals surface area contributed by atoms with E-state index >= 15 is 0 Å². The summed E-state index contributed by atoms with van der Waals surface area (Å²) in [6, 6.07) is 3.65. The molecule has 0 spiro atoms. The summed E-state index contributed by atoms with van der Waals surface area (Å²) in [6.45, 7) is 3.91. The summed E-state index contributed by atoms with van der Waals surface area (Å²) in [4.78, 5) is 17.9. The van der Waals surface area contributed by atoms with Crippen LogP contribution in [-0.4, -0.2) is 53.2 Å². The van der Waals surface area contributed by atoms with E-state index < -0.39 is 12.0 Å². The van der Waals surface area contributed by atoms with Crippen LogP contribution in [0.25, 0.3) is 0 Å². The Morgan fingerprint density at radius 1 is 1.50 bits per heavy atom. The van der Waals surface area contributed by atoms with Gasteiger partial charge in [-0.25, -0.2) is 4.98 Å². The number of likely N-dealkylation sites (tertiary alicyclic amines) is 1. The van der Waals surface area contributed by atoms with Crippen LogP contribution in [0, 0.1) is 5.92 Å².